The third kappa shape index (κ3) is 6.37. The van der Waals surface area contributed by atoms with E-state index in [0.29, 0.717) is 22.0 Å². The minimum atomic E-state index is -3.62. The third-order valence-electron chi connectivity index (χ3n) is 3.86. The highest BCUT2D eigenvalue weighted by Crippen LogP contribution is 2.27. The van der Waals surface area contributed by atoms with Gasteiger partial charge in [0.1, 0.15) is 5.75 Å². The molecule has 0 unspecified atom stereocenters. The van der Waals surface area contributed by atoms with E-state index in [1.807, 2.05) is 0 Å². The molecular formula is C19H22ClN3O5S. The van der Waals surface area contributed by atoms with E-state index >= 15 is 0 Å². The fraction of sp³-hybridized carbons (Fsp3) is 0.263. The Kier molecular flexibility index (Phi) is 7.10. The van der Waals surface area contributed by atoms with Gasteiger partial charge in [-0.1, -0.05) is 11.6 Å². The number of amides is 2. The lowest BCUT2D eigenvalue weighted by atomic mass is 10.1. The Morgan fingerprint density at radius 3 is 2.45 bits per heavy atom. The Balaban J connectivity index is 2.40. The third-order valence-corrected chi connectivity index (χ3v) is 4.69. The molecule has 8 nitrogen and oxygen atoms in total. The highest BCUT2D eigenvalue weighted by atomic mass is 35.5. The highest BCUT2D eigenvalue weighted by Gasteiger charge is 2.20. The highest BCUT2D eigenvalue weighted by molar-refractivity contribution is 7.92. The average molecular weight is 440 g/mol. The van der Waals surface area contributed by atoms with Crippen molar-refractivity contribution in [1.82, 2.24) is 4.90 Å². The van der Waals surface area contributed by atoms with Gasteiger partial charge in [-0.05, 0) is 36.4 Å². The van der Waals surface area contributed by atoms with Crippen molar-refractivity contribution in [2.24, 2.45) is 0 Å². The van der Waals surface area contributed by atoms with Crippen molar-refractivity contribution >= 4 is 44.8 Å². The standard InChI is InChI=1S/C19H22ClN3O5S/c1-12(24)21-15-6-7-17(22-29(4,26)27)16(10-15)19(25)23(2)11-13-9-14(20)5-8-18(13)28-3/h5-10,22H,11H2,1-4H3,(H,21,24). The second kappa shape index (κ2) is 9.15. The van der Waals surface area contributed by atoms with Crippen molar-refractivity contribution in [3.8, 4) is 5.75 Å². The van der Waals surface area contributed by atoms with Crippen LogP contribution in [0.2, 0.25) is 5.02 Å². The summed E-state index contributed by atoms with van der Waals surface area (Å²) < 4.78 is 31.0. The van der Waals surface area contributed by atoms with E-state index in [0.717, 1.165) is 6.26 Å². The van der Waals surface area contributed by atoms with E-state index in [4.69, 9.17) is 16.3 Å². The zero-order valence-electron chi connectivity index (χ0n) is 16.4. The molecule has 0 aliphatic heterocycles. The van der Waals surface area contributed by atoms with Crippen molar-refractivity contribution < 1.29 is 22.7 Å². The number of methoxy groups -OCH3 is 1. The van der Waals surface area contributed by atoms with Gasteiger partial charge in [0.15, 0.2) is 0 Å². The number of nitrogens with zero attached hydrogens (tertiary/aromatic N) is 1. The molecule has 0 bridgehead atoms. The predicted octanol–water partition coefficient (Wildman–Crippen LogP) is 2.95. The zero-order valence-corrected chi connectivity index (χ0v) is 18.0. The largest absolute Gasteiger partial charge is 0.496 e. The first-order valence-electron chi connectivity index (χ1n) is 8.47. The molecule has 0 spiro atoms. The van der Waals surface area contributed by atoms with Crippen molar-refractivity contribution in [2.75, 3.05) is 30.5 Å². The first-order valence-corrected chi connectivity index (χ1v) is 10.7. The van der Waals surface area contributed by atoms with Crippen LogP contribution in [-0.4, -0.2) is 45.5 Å². The van der Waals surface area contributed by atoms with Crippen molar-refractivity contribution in [3.63, 3.8) is 0 Å². The van der Waals surface area contributed by atoms with E-state index in [1.54, 1.807) is 25.2 Å². The molecule has 156 valence electrons. The van der Waals surface area contributed by atoms with Crippen LogP contribution in [-0.2, 0) is 21.4 Å². The normalized spacial score (nSPS) is 10.9. The Hall–Kier alpha value is -2.78. The number of anilines is 2. The molecular weight excluding hydrogens is 418 g/mol. The number of ether oxygens (including phenoxy) is 1. The summed E-state index contributed by atoms with van der Waals surface area (Å²) in [6, 6.07) is 9.41. The molecule has 0 heterocycles. The number of halogens is 1. The minimum absolute atomic E-state index is 0.0881. The maximum Gasteiger partial charge on any atom is 0.256 e. The van der Waals surface area contributed by atoms with Crippen LogP contribution in [0.1, 0.15) is 22.8 Å². The molecule has 0 saturated heterocycles. The van der Waals surface area contributed by atoms with E-state index in [9.17, 15) is 18.0 Å². The number of rotatable bonds is 7. The number of sulfonamides is 1. The molecule has 2 amide bonds. The maximum absolute atomic E-state index is 13.1. The van der Waals surface area contributed by atoms with Gasteiger partial charge in [-0.25, -0.2) is 8.42 Å². The summed E-state index contributed by atoms with van der Waals surface area (Å²) in [4.78, 5) is 25.8. The van der Waals surface area contributed by atoms with Crippen LogP contribution < -0.4 is 14.8 Å². The lowest BCUT2D eigenvalue weighted by molar-refractivity contribution is -0.114. The SMILES string of the molecule is COc1ccc(Cl)cc1CN(C)C(=O)c1cc(NC(C)=O)ccc1NS(C)(=O)=O. The first kappa shape index (κ1) is 22.5. The van der Waals surface area contributed by atoms with Crippen LogP contribution >= 0.6 is 11.6 Å². The summed E-state index contributed by atoms with van der Waals surface area (Å²) in [5.41, 5.74) is 1.25. The summed E-state index contributed by atoms with van der Waals surface area (Å²) in [6.45, 7) is 1.51. The van der Waals surface area contributed by atoms with Crippen molar-refractivity contribution in [1.29, 1.82) is 0 Å². The van der Waals surface area contributed by atoms with Gasteiger partial charge in [0, 0.05) is 36.8 Å². The zero-order chi connectivity index (χ0) is 21.8. The number of nitrogens with one attached hydrogen (secondary N) is 2. The first-order chi connectivity index (χ1) is 13.5. The minimum Gasteiger partial charge on any atom is -0.496 e. The number of hydrogen-bond donors (Lipinski definition) is 2. The average Bonchev–Trinajstić information content (AvgIpc) is 2.61. The van der Waals surface area contributed by atoms with Gasteiger partial charge < -0.3 is 15.0 Å². The van der Waals surface area contributed by atoms with Crippen LogP contribution in [0.4, 0.5) is 11.4 Å². The number of carbonyl (C=O) groups excluding carboxylic acids is 2. The van der Waals surface area contributed by atoms with Crippen LogP contribution in [0.25, 0.3) is 0 Å². The molecule has 0 aliphatic rings. The summed E-state index contributed by atoms with van der Waals surface area (Å²) >= 11 is 6.05. The van der Waals surface area contributed by atoms with Gasteiger partial charge in [0.25, 0.3) is 5.91 Å². The molecule has 0 aliphatic carbocycles. The molecule has 2 N–H and O–H groups in total. The smallest absolute Gasteiger partial charge is 0.256 e. The fourth-order valence-electron chi connectivity index (χ4n) is 2.69. The second-order valence-corrected chi connectivity index (χ2v) is 8.62. The fourth-order valence-corrected chi connectivity index (χ4v) is 3.47. The monoisotopic (exact) mass is 439 g/mol. The molecule has 29 heavy (non-hydrogen) atoms. The topological polar surface area (TPSA) is 105 Å². The van der Waals surface area contributed by atoms with Crippen molar-refractivity contribution in [2.45, 2.75) is 13.5 Å². The molecule has 2 aromatic carbocycles. The summed E-state index contributed by atoms with van der Waals surface area (Å²) in [7, 11) is -0.535. The number of carbonyl (C=O) groups is 2. The van der Waals surface area contributed by atoms with Crippen LogP contribution in [0.15, 0.2) is 36.4 Å². The lowest BCUT2D eigenvalue weighted by Gasteiger charge is -2.21. The Morgan fingerprint density at radius 2 is 1.86 bits per heavy atom. The van der Waals surface area contributed by atoms with Gasteiger partial charge in [0.05, 0.1) is 24.6 Å². The molecule has 0 saturated carbocycles. The quantitative estimate of drug-likeness (QED) is 0.690. The van der Waals surface area contributed by atoms with Gasteiger partial charge in [-0.3, -0.25) is 14.3 Å². The van der Waals surface area contributed by atoms with Crippen LogP contribution in [0.3, 0.4) is 0 Å². The molecule has 0 aromatic heterocycles. The van der Waals surface area contributed by atoms with E-state index < -0.39 is 15.9 Å². The van der Waals surface area contributed by atoms with Gasteiger partial charge in [-0.2, -0.15) is 0 Å². The lowest BCUT2D eigenvalue weighted by Crippen LogP contribution is -2.28. The van der Waals surface area contributed by atoms with Crippen LogP contribution in [0, 0.1) is 0 Å². The molecule has 0 radical (unpaired) electrons. The summed E-state index contributed by atoms with van der Waals surface area (Å²) in [6.07, 6.45) is 0.990. The van der Waals surface area contributed by atoms with Gasteiger partial charge in [-0.15, -0.1) is 0 Å². The molecule has 0 atom stereocenters. The number of hydrogen-bond acceptors (Lipinski definition) is 5. The Labute approximate surface area is 174 Å². The molecule has 10 heteroatoms. The van der Waals surface area contributed by atoms with E-state index in [1.165, 1.54) is 37.1 Å². The van der Waals surface area contributed by atoms with Crippen LogP contribution in [0.5, 0.6) is 5.75 Å². The van der Waals surface area contributed by atoms with Crippen molar-refractivity contribution in [3.05, 3.63) is 52.5 Å². The molecule has 0 fully saturated rings. The summed E-state index contributed by atoms with van der Waals surface area (Å²) in [5, 5.41) is 3.07. The Bertz CT molecular complexity index is 1040. The Morgan fingerprint density at radius 1 is 1.17 bits per heavy atom. The summed E-state index contributed by atoms with van der Waals surface area (Å²) in [5.74, 6) is -0.204. The van der Waals surface area contributed by atoms with E-state index in [-0.39, 0.29) is 23.7 Å². The second-order valence-electron chi connectivity index (χ2n) is 6.43. The maximum atomic E-state index is 13.1. The van der Waals surface area contributed by atoms with Gasteiger partial charge >= 0.3 is 0 Å². The number of benzene rings is 2. The molecule has 2 rings (SSSR count). The predicted molar refractivity (Wildman–Crippen MR) is 113 cm³/mol. The molecule has 2 aromatic rings. The van der Waals surface area contributed by atoms with Gasteiger partial charge in [0.2, 0.25) is 15.9 Å². The van der Waals surface area contributed by atoms with E-state index in [2.05, 4.69) is 10.0 Å².